The van der Waals surface area contributed by atoms with Crippen LogP contribution in [0.5, 0.6) is 0 Å². The first-order valence-electron chi connectivity index (χ1n) is 12.2. The number of hydrogen-bond acceptors (Lipinski definition) is 3. The molecule has 3 N–H and O–H groups in total. The Morgan fingerprint density at radius 2 is 1.61 bits per heavy atom. The highest BCUT2D eigenvalue weighted by Crippen LogP contribution is 2.69. The Morgan fingerprint density at radius 1 is 0.929 bits per heavy atom. The molecular formula is C25H44O3. The Bertz CT molecular complexity index is 564. The van der Waals surface area contributed by atoms with Crippen LogP contribution < -0.4 is 0 Å². The molecule has 0 amide bonds. The summed E-state index contributed by atoms with van der Waals surface area (Å²) in [6.45, 7) is 9.92. The average molecular weight is 393 g/mol. The third kappa shape index (κ3) is 2.94. The number of aliphatic hydroxyl groups is 3. The molecule has 0 aromatic heterocycles. The highest BCUT2D eigenvalue weighted by molar-refractivity contribution is 5.13. The van der Waals surface area contributed by atoms with Crippen LogP contribution in [0.1, 0.15) is 85.5 Å². The zero-order valence-corrected chi connectivity index (χ0v) is 18.6. The third-order valence-corrected chi connectivity index (χ3v) is 10.7. The second kappa shape index (κ2) is 7.54. The van der Waals surface area contributed by atoms with Crippen LogP contribution in [0, 0.1) is 52.3 Å². The molecule has 0 bridgehead atoms. The van der Waals surface area contributed by atoms with Crippen LogP contribution in [-0.4, -0.2) is 34.1 Å². The van der Waals surface area contributed by atoms with Gasteiger partial charge in [0.2, 0.25) is 0 Å². The lowest BCUT2D eigenvalue weighted by Crippen LogP contribution is -2.62. The maximum atomic E-state index is 11.7. The highest BCUT2D eigenvalue weighted by Gasteiger charge is 2.64. The molecule has 4 aliphatic rings. The van der Waals surface area contributed by atoms with Crippen molar-refractivity contribution in [2.75, 3.05) is 6.61 Å². The van der Waals surface area contributed by atoms with Crippen molar-refractivity contribution in [1.82, 2.24) is 0 Å². The van der Waals surface area contributed by atoms with E-state index in [0.29, 0.717) is 58.9 Å². The summed E-state index contributed by atoms with van der Waals surface area (Å²) in [6, 6.07) is 0. The van der Waals surface area contributed by atoms with E-state index >= 15 is 0 Å². The van der Waals surface area contributed by atoms with Gasteiger partial charge < -0.3 is 15.3 Å². The van der Waals surface area contributed by atoms with E-state index in [1.807, 2.05) is 0 Å². The van der Waals surface area contributed by atoms with Crippen molar-refractivity contribution in [3.05, 3.63) is 0 Å². The van der Waals surface area contributed by atoms with Gasteiger partial charge in [0.1, 0.15) is 0 Å². The van der Waals surface area contributed by atoms with E-state index in [4.69, 9.17) is 0 Å². The van der Waals surface area contributed by atoms with E-state index in [0.717, 1.165) is 32.1 Å². The highest BCUT2D eigenvalue weighted by atomic mass is 16.3. The van der Waals surface area contributed by atoms with Gasteiger partial charge in [-0.1, -0.05) is 34.1 Å². The lowest BCUT2D eigenvalue weighted by molar-refractivity contribution is -0.203. The monoisotopic (exact) mass is 392 g/mol. The first-order chi connectivity index (χ1) is 13.3. The lowest BCUT2D eigenvalue weighted by Gasteiger charge is -2.64. The third-order valence-electron chi connectivity index (χ3n) is 10.7. The van der Waals surface area contributed by atoms with Crippen LogP contribution in [-0.2, 0) is 0 Å². The first-order valence-corrected chi connectivity index (χ1v) is 12.2. The van der Waals surface area contributed by atoms with E-state index in [-0.39, 0.29) is 12.2 Å². The summed E-state index contributed by atoms with van der Waals surface area (Å²) in [5, 5.41) is 31.6. The van der Waals surface area contributed by atoms with Crippen molar-refractivity contribution in [2.45, 2.75) is 97.7 Å². The molecule has 0 aromatic carbocycles. The van der Waals surface area contributed by atoms with Crippen LogP contribution in [0.25, 0.3) is 0 Å². The minimum Gasteiger partial charge on any atom is -0.396 e. The molecule has 0 heterocycles. The molecular weight excluding hydrogens is 348 g/mol. The van der Waals surface area contributed by atoms with Crippen molar-refractivity contribution in [3.63, 3.8) is 0 Å². The normalized spacial score (nSPS) is 54.5. The van der Waals surface area contributed by atoms with Crippen molar-refractivity contribution < 1.29 is 15.3 Å². The standard InChI is InChI=1S/C25H44O3/c1-5-17-21-14-16(27)8-11-25(21,4)20-9-12-24(3)18(15(2)10-13-26)6-7-19(24)22(20)23(17)28/h15-23,26-28H,5-14H2,1-4H3/t15-,16+,17-,18-,19+,20+,21+,22+,23-,24-,25-/m1/s1. The Kier molecular flexibility index (Phi) is 5.69. The van der Waals surface area contributed by atoms with Crippen molar-refractivity contribution in [2.24, 2.45) is 52.3 Å². The molecule has 162 valence electrons. The summed E-state index contributed by atoms with van der Waals surface area (Å²) >= 11 is 0. The van der Waals surface area contributed by atoms with Crippen LogP contribution in [0.2, 0.25) is 0 Å². The quantitative estimate of drug-likeness (QED) is 0.653. The molecule has 4 aliphatic carbocycles. The van der Waals surface area contributed by atoms with Gasteiger partial charge >= 0.3 is 0 Å². The summed E-state index contributed by atoms with van der Waals surface area (Å²) < 4.78 is 0. The number of rotatable bonds is 4. The summed E-state index contributed by atoms with van der Waals surface area (Å²) in [4.78, 5) is 0. The fourth-order valence-corrected chi connectivity index (χ4v) is 9.34. The Morgan fingerprint density at radius 3 is 2.29 bits per heavy atom. The number of fused-ring (bicyclic) bond motifs is 5. The zero-order valence-electron chi connectivity index (χ0n) is 18.6. The van der Waals surface area contributed by atoms with E-state index in [1.165, 1.54) is 25.7 Å². The molecule has 0 aliphatic heterocycles. The molecule has 4 saturated carbocycles. The Balaban J connectivity index is 1.67. The van der Waals surface area contributed by atoms with Gasteiger partial charge in [0, 0.05) is 6.61 Å². The molecule has 4 rings (SSSR count). The second-order valence-electron chi connectivity index (χ2n) is 11.6. The maximum Gasteiger partial charge on any atom is 0.0605 e. The molecule has 0 spiro atoms. The van der Waals surface area contributed by atoms with E-state index in [2.05, 4.69) is 27.7 Å². The average Bonchev–Trinajstić information content (AvgIpc) is 3.01. The molecule has 0 saturated heterocycles. The zero-order chi connectivity index (χ0) is 20.3. The van der Waals surface area contributed by atoms with Crippen LogP contribution in [0.3, 0.4) is 0 Å². The molecule has 3 heteroatoms. The molecule has 0 radical (unpaired) electrons. The SMILES string of the molecule is CC[C@H]1[C@@H](O)[C@@H]2[C@H](CC[C@]3(C)[C@@H]([C@H](C)CCO)CC[C@@H]23)[C@@]2(C)CC[C@H](O)C[C@@H]12. The fourth-order valence-electron chi connectivity index (χ4n) is 9.34. The van der Waals surface area contributed by atoms with E-state index < -0.39 is 0 Å². The van der Waals surface area contributed by atoms with Gasteiger partial charge in [-0.3, -0.25) is 0 Å². The van der Waals surface area contributed by atoms with Crippen LogP contribution >= 0.6 is 0 Å². The minimum atomic E-state index is -0.199. The Labute approximate surface area is 172 Å². The van der Waals surface area contributed by atoms with Crippen LogP contribution in [0.4, 0.5) is 0 Å². The number of aliphatic hydroxyl groups excluding tert-OH is 3. The molecule has 4 fully saturated rings. The number of hydrogen-bond donors (Lipinski definition) is 3. The summed E-state index contributed by atoms with van der Waals surface area (Å²) in [5.74, 6) is 3.78. The molecule has 3 nitrogen and oxygen atoms in total. The van der Waals surface area contributed by atoms with Crippen LogP contribution in [0.15, 0.2) is 0 Å². The Hall–Kier alpha value is -0.120. The topological polar surface area (TPSA) is 60.7 Å². The summed E-state index contributed by atoms with van der Waals surface area (Å²) in [5.41, 5.74) is 0.617. The maximum absolute atomic E-state index is 11.7. The summed E-state index contributed by atoms with van der Waals surface area (Å²) in [7, 11) is 0. The summed E-state index contributed by atoms with van der Waals surface area (Å²) in [6.07, 6.45) is 9.62. The van der Waals surface area contributed by atoms with Gasteiger partial charge in [0.15, 0.2) is 0 Å². The van der Waals surface area contributed by atoms with Gasteiger partial charge in [-0.2, -0.15) is 0 Å². The fraction of sp³-hybridized carbons (Fsp3) is 1.00. The molecule has 11 atom stereocenters. The predicted octanol–water partition coefficient (Wildman–Crippen LogP) is 4.63. The smallest absolute Gasteiger partial charge is 0.0605 e. The van der Waals surface area contributed by atoms with Gasteiger partial charge in [-0.05, 0) is 104 Å². The van der Waals surface area contributed by atoms with Gasteiger partial charge in [-0.25, -0.2) is 0 Å². The van der Waals surface area contributed by atoms with Gasteiger partial charge in [0.05, 0.1) is 12.2 Å². The minimum absolute atomic E-state index is 0.167. The van der Waals surface area contributed by atoms with Crippen molar-refractivity contribution >= 4 is 0 Å². The van der Waals surface area contributed by atoms with Gasteiger partial charge in [0.25, 0.3) is 0 Å². The lowest BCUT2D eigenvalue weighted by atomic mass is 9.41. The van der Waals surface area contributed by atoms with E-state index in [1.54, 1.807) is 0 Å². The molecule has 0 aromatic rings. The molecule has 0 unspecified atom stereocenters. The first kappa shape index (κ1) is 21.1. The second-order valence-corrected chi connectivity index (χ2v) is 11.6. The predicted molar refractivity (Wildman–Crippen MR) is 113 cm³/mol. The largest absolute Gasteiger partial charge is 0.396 e. The van der Waals surface area contributed by atoms with Gasteiger partial charge in [-0.15, -0.1) is 0 Å². The molecule has 28 heavy (non-hydrogen) atoms. The van der Waals surface area contributed by atoms with Crippen molar-refractivity contribution in [1.29, 1.82) is 0 Å². The van der Waals surface area contributed by atoms with E-state index in [9.17, 15) is 15.3 Å². The van der Waals surface area contributed by atoms with Crippen molar-refractivity contribution in [3.8, 4) is 0 Å².